The number of hydrogen-bond donors (Lipinski definition) is 0. The first-order valence-corrected chi connectivity index (χ1v) is 8.50. The summed E-state index contributed by atoms with van der Waals surface area (Å²) in [6.45, 7) is 8.59. The van der Waals surface area contributed by atoms with Gasteiger partial charge in [-0.15, -0.1) is 0 Å². The molecule has 3 rings (SSSR count). The third kappa shape index (κ3) is 4.18. The monoisotopic (exact) mass is 284 g/mol. The highest BCUT2D eigenvalue weighted by molar-refractivity contribution is 5.52. The zero-order valence-electron chi connectivity index (χ0n) is 13.3. The fourth-order valence-corrected chi connectivity index (χ4v) is 3.81. The third-order valence-corrected chi connectivity index (χ3v) is 4.82. The van der Waals surface area contributed by atoms with Crippen molar-refractivity contribution in [2.24, 2.45) is 0 Å². The molecule has 2 heteroatoms. The van der Waals surface area contributed by atoms with E-state index >= 15 is 0 Å². The maximum absolute atomic E-state index is 2.72. The number of benzene rings is 1. The van der Waals surface area contributed by atoms with E-state index in [1.54, 1.807) is 0 Å². The van der Waals surface area contributed by atoms with Gasteiger partial charge in [-0.2, -0.15) is 0 Å². The van der Waals surface area contributed by atoms with Crippen molar-refractivity contribution in [1.82, 2.24) is 9.80 Å². The Balaban J connectivity index is 1.55. The van der Waals surface area contributed by atoms with Gasteiger partial charge in [-0.05, 0) is 57.8 Å². The van der Waals surface area contributed by atoms with Crippen molar-refractivity contribution in [2.75, 3.05) is 32.7 Å². The molecule has 0 bridgehead atoms. The van der Waals surface area contributed by atoms with E-state index in [4.69, 9.17) is 0 Å². The summed E-state index contributed by atoms with van der Waals surface area (Å²) >= 11 is 0. The van der Waals surface area contributed by atoms with Gasteiger partial charge in [-0.25, -0.2) is 0 Å². The summed E-state index contributed by atoms with van der Waals surface area (Å²) in [7, 11) is 0. The maximum atomic E-state index is 2.72. The number of piperidine rings is 1. The van der Waals surface area contributed by atoms with E-state index in [1.807, 2.05) is 0 Å². The predicted molar refractivity (Wildman–Crippen MR) is 90.4 cm³/mol. The molecule has 0 N–H and O–H groups in total. The summed E-state index contributed by atoms with van der Waals surface area (Å²) in [5.41, 5.74) is 2.80. The minimum atomic E-state index is 0.811. The van der Waals surface area contributed by atoms with Crippen molar-refractivity contribution >= 4 is 6.08 Å². The number of likely N-dealkylation sites (tertiary alicyclic amines) is 2. The molecular weight excluding hydrogens is 256 g/mol. The van der Waals surface area contributed by atoms with Crippen LogP contribution in [0.3, 0.4) is 0 Å². The lowest BCUT2D eigenvalue weighted by Crippen LogP contribution is -2.47. The highest BCUT2D eigenvalue weighted by atomic mass is 15.2. The lowest BCUT2D eigenvalue weighted by molar-refractivity contribution is 0.122. The molecule has 2 aliphatic rings. The third-order valence-electron chi connectivity index (χ3n) is 4.82. The Labute approximate surface area is 129 Å². The van der Waals surface area contributed by atoms with E-state index in [0.717, 1.165) is 12.6 Å². The van der Waals surface area contributed by atoms with Crippen LogP contribution in [0.2, 0.25) is 0 Å². The Kier molecular flexibility index (Phi) is 5.10. The normalized spacial score (nSPS) is 25.4. The molecule has 21 heavy (non-hydrogen) atoms. The molecule has 1 atom stereocenters. The smallest absolute Gasteiger partial charge is 0.0223 e. The van der Waals surface area contributed by atoms with Crippen molar-refractivity contribution in [2.45, 2.75) is 38.6 Å². The van der Waals surface area contributed by atoms with E-state index < -0.39 is 0 Å². The molecule has 2 fully saturated rings. The minimum absolute atomic E-state index is 0.811. The van der Waals surface area contributed by atoms with E-state index in [1.165, 1.54) is 63.0 Å². The second-order valence-electron chi connectivity index (χ2n) is 6.68. The molecule has 1 aromatic carbocycles. The minimum Gasteiger partial charge on any atom is -0.299 e. The molecule has 2 heterocycles. The van der Waals surface area contributed by atoms with Gasteiger partial charge >= 0.3 is 0 Å². The molecule has 2 nitrogen and oxygen atoms in total. The lowest BCUT2D eigenvalue weighted by Gasteiger charge is -2.37. The quantitative estimate of drug-likeness (QED) is 0.832. The van der Waals surface area contributed by atoms with Crippen molar-refractivity contribution in [1.29, 1.82) is 0 Å². The van der Waals surface area contributed by atoms with E-state index in [2.05, 4.69) is 53.1 Å². The van der Waals surface area contributed by atoms with E-state index in [-0.39, 0.29) is 0 Å². The molecule has 0 radical (unpaired) electrons. The van der Waals surface area contributed by atoms with Crippen molar-refractivity contribution in [3.63, 3.8) is 0 Å². The first-order chi connectivity index (χ1) is 10.3. The van der Waals surface area contributed by atoms with Crippen LogP contribution in [0.5, 0.6) is 0 Å². The van der Waals surface area contributed by atoms with E-state index in [9.17, 15) is 0 Å². The van der Waals surface area contributed by atoms with Crippen LogP contribution in [0.4, 0.5) is 0 Å². The summed E-state index contributed by atoms with van der Waals surface area (Å²) in [6.07, 6.45) is 7.91. The fraction of sp³-hybridized carbons (Fsp3) is 0.579. The standard InChI is InChI=1S/C19H28N2/c1-17(14-18-8-3-2-4-9-18)15-20-11-7-10-19(16-20)21-12-5-6-13-21/h2-4,8-9,14,19H,5-7,10-13,15-16H2,1H3/b17-14+. The van der Waals surface area contributed by atoms with Crippen molar-refractivity contribution in [3.8, 4) is 0 Å². The van der Waals surface area contributed by atoms with Crippen LogP contribution in [0.1, 0.15) is 38.2 Å². The molecule has 2 aliphatic heterocycles. The largest absolute Gasteiger partial charge is 0.299 e. The Morgan fingerprint density at radius 3 is 2.62 bits per heavy atom. The first-order valence-electron chi connectivity index (χ1n) is 8.50. The van der Waals surface area contributed by atoms with Gasteiger partial charge in [0.15, 0.2) is 0 Å². The van der Waals surface area contributed by atoms with Crippen LogP contribution in [-0.4, -0.2) is 48.6 Å². The van der Waals surface area contributed by atoms with Crippen LogP contribution in [0, 0.1) is 0 Å². The first kappa shape index (κ1) is 14.8. The molecule has 0 saturated carbocycles. The Hall–Kier alpha value is -1.12. The van der Waals surface area contributed by atoms with Crippen LogP contribution in [0.15, 0.2) is 35.9 Å². The van der Waals surface area contributed by atoms with Gasteiger partial charge in [-0.3, -0.25) is 9.80 Å². The van der Waals surface area contributed by atoms with Crippen molar-refractivity contribution < 1.29 is 0 Å². The highest BCUT2D eigenvalue weighted by Crippen LogP contribution is 2.21. The molecule has 0 aliphatic carbocycles. The summed E-state index contributed by atoms with van der Waals surface area (Å²) in [5.74, 6) is 0. The lowest BCUT2D eigenvalue weighted by atomic mass is 10.0. The van der Waals surface area contributed by atoms with Crippen LogP contribution < -0.4 is 0 Å². The van der Waals surface area contributed by atoms with Gasteiger partial charge < -0.3 is 0 Å². The zero-order valence-corrected chi connectivity index (χ0v) is 13.3. The number of hydrogen-bond acceptors (Lipinski definition) is 2. The average Bonchev–Trinajstić information content (AvgIpc) is 3.02. The topological polar surface area (TPSA) is 6.48 Å². The molecular formula is C19H28N2. The molecule has 1 unspecified atom stereocenters. The summed E-state index contributed by atoms with van der Waals surface area (Å²) in [4.78, 5) is 5.38. The second kappa shape index (κ2) is 7.24. The summed E-state index contributed by atoms with van der Waals surface area (Å²) < 4.78 is 0. The Bertz CT molecular complexity index is 460. The molecule has 0 spiro atoms. The van der Waals surface area contributed by atoms with Crippen LogP contribution in [-0.2, 0) is 0 Å². The molecule has 0 amide bonds. The van der Waals surface area contributed by atoms with Gasteiger partial charge in [0.25, 0.3) is 0 Å². The highest BCUT2D eigenvalue weighted by Gasteiger charge is 2.26. The SMILES string of the molecule is C/C(=C\c1ccccc1)CN1CCCC(N2CCCC2)C1. The number of rotatable bonds is 4. The van der Waals surface area contributed by atoms with Gasteiger partial charge in [0.2, 0.25) is 0 Å². The van der Waals surface area contributed by atoms with E-state index in [0.29, 0.717) is 0 Å². The Morgan fingerprint density at radius 1 is 1.10 bits per heavy atom. The fourth-order valence-electron chi connectivity index (χ4n) is 3.81. The average molecular weight is 284 g/mol. The van der Waals surface area contributed by atoms with Gasteiger partial charge in [0.05, 0.1) is 0 Å². The predicted octanol–water partition coefficient (Wildman–Crippen LogP) is 3.65. The molecule has 1 aromatic rings. The van der Waals surface area contributed by atoms with Crippen LogP contribution in [0.25, 0.3) is 6.08 Å². The van der Waals surface area contributed by atoms with Gasteiger partial charge in [0.1, 0.15) is 0 Å². The van der Waals surface area contributed by atoms with Crippen LogP contribution >= 0.6 is 0 Å². The number of nitrogens with zero attached hydrogens (tertiary/aromatic N) is 2. The molecule has 114 valence electrons. The Morgan fingerprint density at radius 2 is 1.86 bits per heavy atom. The molecule has 2 saturated heterocycles. The second-order valence-corrected chi connectivity index (χ2v) is 6.68. The molecule has 0 aromatic heterocycles. The van der Waals surface area contributed by atoms with Gasteiger partial charge in [0, 0.05) is 19.1 Å². The zero-order chi connectivity index (χ0) is 14.5. The summed E-state index contributed by atoms with van der Waals surface area (Å²) in [6, 6.07) is 11.5. The maximum Gasteiger partial charge on any atom is 0.0223 e. The van der Waals surface area contributed by atoms with Gasteiger partial charge in [-0.1, -0.05) is 42.0 Å². The van der Waals surface area contributed by atoms with Crippen molar-refractivity contribution in [3.05, 3.63) is 41.5 Å². The summed E-state index contributed by atoms with van der Waals surface area (Å²) in [5, 5.41) is 0.